The van der Waals surface area contributed by atoms with E-state index in [2.05, 4.69) is 34.6 Å². The molecule has 0 aliphatic rings. The first-order valence-electron chi connectivity index (χ1n) is 3.56. The van der Waals surface area contributed by atoms with E-state index in [1.165, 1.54) is 0 Å². The van der Waals surface area contributed by atoms with Crippen LogP contribution in [0.25, 0.3) is 0 Å². The molecule has 0 radical (unpaired) electrons. The van der Waals surface area contributed by atoms with Crippen molar-refractivity contribution in [3.63, 3.8) is 0 Å². The maximum absolute atomic E-state index is 3.76. The second-order valence-electron chi connectivity index (χ2n) is 3.31. The molecule has 0 aromatic heterocycles. The van der Waals surface area contributed by atoms with Crippen LogP contribution in [0.15, 0.2) is 0 Å². The Balaban J connectivity index is -0.000000107. The SMILES string of the molecule is [CH2-]CC.[CH2-]CC(C)(C)C.[W+2]. The standard InChI is InChI=1S/C6H13.C3H7.W/c1-5-6(2,3)4;1-3-2;/h1,5H2,2-4H3;1,3H2,2H3;/q2*-1;+2. The third-order valence-electron chi connectivity index (χ3n) is 0.750. The van der Waals surface area contributed by atoms with E-state index in [-0.39, 0.29) is 21.1 Å². The Morgan fingerprint density at radius 2 is 1.20 bits per heavy atom. The summed E-state index contributed by atoms with van der Waals surface area (Å²) in [5.41, 5.74) is 0.431. The summed E-state index contributed by atoms with van der Waals surface area (Å²) in [6, 6.07) is 0. The molecule has 0 aliphatic heterocycles. The van der Waals surface area contributed by atoms with Crippen molar-refractivity contribution in [3.8, 4) is 0 Å². The van der Waals surface area contributed by atoms with Crippen molar-refractivity contribution in [1.29, 1.82) is 0 Å². The maximum atomic E-state index is 3.76. The second kappa shape index (κ2) is 9.69. The van der Waals surface area contributed by atoms with Crippen LogP contribution >= 0.6 is 0 Å². The molecule has 0 bridgehead atoms. The molecule has 0 aromatic rings. The van der Waals surface area contributed by atoms with Crippen molar-refractivity contribution in [2.75, 3.05) is 0 Å². The van der Waals surface area contributed by atoms with Crippen molar-refractivity contribution < 1.29 is 21.1 Å². The Bertz CT molecular complexity index is 43.2. The van der Waals surface area contributed by atoms with E-state index in [1.807, 2.05) is 6.92 Å². The molecule has 0 heterocycles. The van der Waals surface area contributed by atoms with E-state index in [4.69, 9.17) is 0 Å². The van der Waals surface area contributed by atoms with E-state index >= 15 is 0 Å². The van der Waals surface area contributed by atoms with E-state index in [0.29, 0.717) is 5.41 Å². The first kappa shape index (κ1) is 17.0. The molecular formula is C9H20W. The molecule has 10 heavy (non-hydrogen) atoms. The Morgan fingerprint density at radius 3 is 1.20 bits per heavy atom. The van der Waals surface area contributed by atoms with Gasteiger partial charge in [0.15, 0.2) is 0 Å². The van der Waals surface area contributed by atoms with E-state index < -0.39 is 0 Å². The third-order valence-corrected chi connectivity index (χ3v) is 0.750. The van der Waals surface area contributed by atoms with Gasteiger partial charge in [0.1, 0.15) is 0 Å². The Hall–Kier alpha value is 0.688. The summed E-state index contributed by atoms with van der Waals surface area (Å²) in [5.74, 6) is 0. The van der Waals surface area contributed by atoms with E-state index in [1.54, 1.807) is 0 Å². The minimum Gasteiger partial charge on any atom is -0.344 e. The Kier molecular flexibility index (Phi) is 16.4. The van der Waals surface area contributed by atoms with E-state index in [0.717, 1.165) is 12.8 Å². The van der Waals surface area contributed by atoms with Crippen molar-refractivity contribution >= 4 is 0 Å². The Labute approximate surface area is 81.1 Å². The van der Waals surface area contributed by atoms with Gasteiger partial charge in [0.25, 0.3) is 0 Å². The molecule has 0 saturated heterocycles. The van der Waals surface area contributed by atoms with Crippen molar-refractivity contribution in [1.82, 2.24) is 0 Å². The smallest absolute Gasteiger partial charge is 0.344 e. The topological polar surface area (TPSA) is 0 Å². The third kappa shape index (κ3) is 37.8. The number of hydrogen-bond acceptors (Lipinski definition) is 0. The minimum absolute atomic E-state index is 0. The molecule has 0 atom stereocenters. The van der Waals surface area contributed by atoms with Crippen LogP contribution in [-0.4, -0.2) is 0 Å². The zero-order chi connectivity index (χ0) is 7.91. The van der Waals surface area contributed by atoms with Crippen LogP contribution in [0.2, 0.25) is 0 Å². The fourth-order valence-corrected chi connectivity index (χ4v) is 0. The van der Waals surface area contributed by atoms with Gasteiger partial charge in [0.2, 0.25) is 0 Å². The summed E-state index contributed by atoms with van der Waals surface area (Å²) in [6.45, 7) is 15.8. The van der Waals surface area contributed by atoms with Gasteiger partial charge in [-0.25, -0.2) is 0 Å². The van der Waals surface area contributed by atoms with Gasteiger partial charge in [-0.05, 0) is 0 Å². The van der Waals surface area contributed by atoms with Gasteiger partial charge in [-0.3, -0.25) is 0 Å². The van der Waals surface area contributed by atoms with Gasteiger partial charge in [-0.2, -0.15) is 12.8 Å². The molecule has 0 saturated carbocycles. The van der Waals surface area contributed by atoms with Crippen molar-refractivity contribution in [2.45, 2.75) is 40.5 Å². The fraction of sp³-hybridized carbons (Fsp3) is 0.778. The van der Waals surface area contributed by atoms with Crippen molar-refractivity contribution in [2.24, 2.45) is 5.41 Å². The zero-order valence-corrected chi connectivity index (χ0v) is 10.7. The molecule has 0 N–H and O–H groups in total. The average molecular weight is 312 g/mol. The first-order valence-corrected chi connectivity index (χ1v) is 3.56. The van der Waals surface area contributed by atoms with Gasteiger partial charge in [-0.15, -0.1) is 0 Å². The monoisotopic (exact) mass is 312 g/mol. The van der Waals surface area contributed by atoms with Gasteiger partial charge >= 0.3 is 21.1 Å². The normalized spacial score (nSPS) is 9.00. The summed E-state index contributed by atoms with van der Waals surface area (Å²) >= 11 is 0. The van der Waals surface area contributed by atoms with Gasteiger partial charge in [-0.1, -0.05) is 33.1 Å². The second-order valence-corrected chi connectivity index (χ2v) is 3.31. The molecule has 0 aliphatic carbocycles. The minimum atomic E-state index is 0. The quantitative estimate of drug-likeness (QED) is 0.601. The fourth-order valence-electron chi connectivity index (χ4n) is 0. The molecule has 62 valence electrons. The first-order chi connectivity index (χ1) is 3.97. The molecule has 1 heteroatoms. The molecular weight excluding hydrogens is 292 g/mol. The van der Waals surface area contributed by atoms with Crippen LogP contribution < -0.4 is 0 Å². The largest absolute Gasteiger partial charge is 2.00 e. The van der Waals surface area contributed by atoms with Gasteiger partial charge < -0.3 is 13.8 Å². The predicted molar refractivity (Wildman–Crippen MR) is 45.1 cm³/mol. The molecule has 0 aromatic carbocycles. The van der Waals surface area contributed by atoms with Crippen LogP contribution in [0.1, 0.15) is 40.5 Å². The summed E-state index contributed by atoms with van der Waals surface area (Å²) < 4.78 is 0. The van der Waals surface area contributed by atoms with Crippen LogP contribution in [0.5, 0.6) is 0 Å². The van der Waals surface area contributed by atoms with Crippen LogP contribution in [0.3, 0.4) is 0 Å². The molecule has 0 nitrogen and oxygen atoms in total. The molecule has 0 fully saturated rings. The molecule has 0 rings (SSSR count). The summed E-state index contributed by atoms with van der Waals surface area (Å²) in [4.78, 5) is 0. The van der Waals surface area contributed by atoms with E-state index in [9.17, 15) is 0 Å². The Morgan fingerprint density at radius 1 is 1.10 bits per heavy atom. The van der Waals surface area contributed by atoms with Gasteiger partial charge in [0, 0.05) is 0 Å². The van der Waals surface area contributed by atoms with Crippen LogP contribution in [-0.2, 0) is 21.1 Å². The summed E-state index contributed by atoms with van der Waals surface area (Å²) in [5, 5.41) is 0. The van der Waals surface area contributed by atoms with Crippen LogP contribution in [0, 0.1) is 19.3 Å². The van der Waals surface area contributed by atoms with Crippen LogP contribution in [0.4, 0.5) is 0 Å². The van der Waals surface area contributed by atoms with Gasteiger partial charge in [0.05, 0.1) is 0 Å². The summed E-state index contributed by atoms with van der Waals surface area (Å²) in [6.07, 6.45) is 2.02. The molecule has 0 spiro atoms. The summed E-state index contributed by atoms with van der Waals surface area (Å²) in [7, 11) is 0. The molecule has 0 unspecified atom stereocenters. The average Bonchev–Trinajstić information content (AvgIpc) is 1.67. The zero-order valence-electron chi connectivity index (χ0n) is 7.74. The number of hydrogen-bond donors (Lipinski definition) is 0. The maximum Gasteiger partial charge on any atom is 2.00 e. The predicted octanol–water partition coefficient (Wildman–Crippen LogP) is 3.48. The number of rotatable bonds is 0. The molecule has 0 amide bonds. The van der Waals surface area contributed by atoms with Crippen molar-refractivity contribution in [3.05, 3.63) is 13.8 Å².